The molecule has 0 amide bonds. The lowest BCUT2D eigenvalue weighted by atomic mass is 9.89. The molecule has 1 rings (SSSR count). The summed E-state index contributed by atoms with van der Waals surface area (Å²) in [7, 11) is 0. The smallest absolute Gasteiger partial charge is 0.305 e. The van der Waals surface area contributed by atoms with Crippen molar-refractivity contribution in [2.45, 2.75) is 96.1 Å². The first-order chi connectivity index (χ1) is 15.7. The summed E-state index contributed by atoms with van der Waals surface area (Å²) in [4.78, 5) is 22.4. The van der Waals surface area contributed by atoms with E-state index in [-0.39, 0.29) is 31.5 Å². The first kappa shape index (κ1) is 29.3. The highest BCUT2D eigenvalue weighted by Gasteiger charge is 2.39. The van der Waals surface area contributed by atoms with Gasteiger partial charge in [0.05, 0.1) is 18.3 Å². The molecule has 1 aliphatic carbocycles. The molecule has 0 radical (unpaired) electrons. The van der Waals surface area contributed by atoms with Crippen LogP contribution in [0.1, 0.15) is 71.6 Å². The van der Waals surface area contributed by atoms with Gasteiger partial charge in [-0.15, -0.1) is 0 Å². The van der Waals surface area contributed by atoms with Gasteiger partial charge in [0.25, 0.3) is 0 Å². The standard InChI is InChI=1S/C25H42O8/c1-3-4-7-10-19(27)13-14-22-21(23(29)15-24(22)30)11-8-5-6-9-12-25(31)33-17-20(28)16-32-18(2)26/h5,8,13-14,19-24,27-30H,3-4,6-7,9-12,15-17H2,1-2H3/b8-5+,14-13+/t19-,20-,21+,22+,23-,24+/m0/s1. The van der Waals surface area contributed by atoms with Crippen LogP contribution in [0.25, 0.3) is 0 Å². The van der Waals surface area contributed by atoms with Gasteiger partial charge in [-0.25, -0.2) is 0 Å². The summed E-state index contributed by atoms with van der Waals surface area (Å²) in [5, 5.41) is 40.3. The number of allylic oxidation sites excluding steroid dienone is 2. The SMILES string of the molecule is CCCCC[C@H](O)/C=C/[C@@H]1[C@@H](C/C=C/CCCC(=O)OC[C@@H](O)COC(C)=O)[C@@H](O)C[C@H]1O. The molecule has 8 heteroatoms. The van der Waals surface area contributed by atoms with Crippen molar-refractivity contribution in [2.75, 3.05) is 13.2 Å². The van der Waals surface area contributed by atoms with Crippen LogP contribution in [0.15, 0.2) is 24.3 Å². The van der Waals surface area contributed by atoms with Crippen molar-refractivity contribution < 1.29 is 39.5 Å². The van der Waals surface area contributed by atoms with Crippen LogP contribution in [0.3, 0.4) is 0 Å². The second-order valence-corrected chi connectivity index (χ2v) is 8.80. The molecule has 0 bridgehead atoms. The minimum absolute atomic E-state index is 0.112. The van der Waals surface area contributed by atoms with E-state index in [0.29, 0.717) is 32.1 Å². The monoisotopic (exact) mass is 470 g/mol. The van der Waals surface area contributed by atoms with Crippen LogP contribution >= 0.6 is 0 Å². The Morgan fingerprint density at radius 2 is 1.76 bits per heavy atom. The maximum Gasteiger partial charge on any atom is 0.305 e. The summed E-state index contributed by atoms with van der Waals surface area (Å²) in [6, 6.07) is 0. The molecule has 8 nitrogen and oxygen atoms in total. The van der Waals surface area contributed by atoms with Gasteiger partial charge in [-0.05, 0) is 31.6 Å². The Labute approximate surface area is 197 Å². The van der Waals surface area contributed by atoms with Gasteiger partial charge in [-0.1, -0.05) is 50.5 Å². The highest BCUT2D eigenvalue weighted by atomic mass is 16.6. The van der Waals surface area contributed by atoms with Crippen LogP contribution in [0.5, 0.6) is 0 Å². The van der Waals surface area contributed by atoms with E-state index >= 15 is 0 Å². The molecule has 0 aromatic carbocycles. The molecular formula is C25H42O8. The molecule has 6 atom stereocenters. The molecule has 0 aromatic rings. The number of hydrogen-bond acceptors (Lipinski definition) is 8. The quantitative estimate of drug-likeness (QED) is 0.154. The Hall–Kier alpha value is -1.74. The number of ether oxygens (including phenoxy) is 2. The van der Waals surface area contributed by atoms with Crippen LogP contribution in [0, 0.1) is 11.8 Å². The maximum atomic E-state index is 11.7. The largest absolute Gasteiger partial charge is 0.463 e. The second kappa shape index (κ2) is 16.8. The Morgan fingerprint density at radius 1 is 1.03 bits per heavy atom. The number of hydrogen-bond donors (Lipinski definition) is 4. The van der Waals surface area contributed by atoms with Crippen molar-refractivity contribution in [1.29, 1.82) is 0 Å². The van der Waals surface area contributed by atoms with E-state index in [1.807, 2.05) is 18.2 Å². The zero-order valence-corrected chi connectivity index (χ0v) is 20.0. The maximum absolute atomic E-state index is 11.7. The number of rotatable bonds is 16. The van der Waals surface area contributed by atoms with E-state index in [0.717, 1.165) is 19.3 Å². The Balaban J connectivity index is 2.31. The fourth-order valence-corrected chi connectivity index (χ4v) is 3.92. The molecular weight excluding hydrogens is 428 g/mol. The average Bonchev–Trinajstić information content (AvgIpc) is 3.03. The van der Waals surface area contributed by atoms with Crippen LogP contribution in [0.2, 0.25) is 0 Å². The van der Waals surface area contributed by atoms with E-state index in [1.165, 1.54) is 6.92 Å². The van der Waals surface area contributed by atoms with Gasteiger partial charge in [-0.3, -0.25) is 9.59 Å². The topological polar surface area (TPSA) is 134 Å². The van der Waals surface area contributed by atoms with Gasteiger partial charge in [0.2, 0.25) is 0 Å². The first-order valence-electron chi connectivity index (χ1n) is 12.1. The third-order valence-electron chi connectivity index (χ3n) is 5.82. The predicted molar refractivity (Wildman–Crippen MR) is 124 cm³/mol. The molecule has 0 unspecified atom stereocenters. The lowest BCUT2D eigenvalue weighted by Crippen LogP contribution is -2.24. The van der Waals surface area contributed by atoms with E-state index in [4.69, 9.17) is 4.74 Å². The van der Waals surface area contributed by atoms with Crippen molar-refractivity contribution in [2.24, 2.45) is 11.8 Å². The summed E-state index contributed by atoms with van der Waals surface area (Å²) in [6.07, 6.45) is 10.9. The third kappa shape index (κ3) is 12.9. The van der Waals surface area contributed by atoms with Gasteiger partial charge in [0.15, 0.2) is 0 Å². The molecule has 0 saturated heterocycles. The molecule has 1 fully saturated rings. The number of aliphatic hydroxyl groups is 4. The van der Waals surface area contributed by atoms with E-state index in [1.54, 1.807) is 6.08 Å². The molecule has 190 valence electrons. The van der Waals surface area contributed by atoms with Gasteiger partial charge >= 0.3 is 11.9 Å². The number of carbonyl (C=O) groups is 2. The fraction of sp³-hybridized carbons (Fsp3) is 0.760. The highest BCUT2D eigenvalue weighted by molar-refractivity contribution is 5.69. The molecule has 4 N–H and O–H groups in total. The molecule has 0 aromatic heterocycles. The zero-order valence-electron chi connectivity index (χ0n) is 20.0. The number of esters is 2. The molecule has 0 aliphatic heterocycles. The minimum Gasteiger partial charge on any atom is -0.463 e. The van der Waals surface area contributed by atoms with Crippen molar-refractivity contribution in [3.05, 3.63) is 24.3 Å². The van der Waals surface area contributed by atoms with E-state index in [9.17, 15) is 30.0 Å². The summed E-state index contributed by atoms with van der Waals surface area (Å²) in [6.45, 7) is 2.93. The Morgan fingerprint density at radius 3 is 2.45 bits per heavy atom. The van der Waals surface area contributed by atoms with Crippen molar-refractivity contribution in [1.82, 2.24) is 0 Å². The van der Waals surface area contributed by atoms with E-state index < -0.39 is 36.4 Å². The number of aliphatic hydroxyl groups excluding tert-OH is 4. The van der Waals surface area contributed by atoms with Crippen LogP contribution in [0.4, 0.5) is 0 Å². The molecule has 0 spiro atoms. The van der Waals surface area contributed by atoms with Crippen molar-refractivity contribution in [3.63, 3.8) is 0 Å². The highest BCUT2D eigenvalue weighted by Crippen LogP contribution is 2.36. The summed E-state index contributed by atoms with van der Waals surface area (Å²) < 4.78 is 9.58. The normalized spacial score (nSPS) is 24.9. The Bertz CT molecular complexity index is 618. The van der Waals surface area contributed by atoms with Crippen LogP contribution in [-0.4, -0.2) is 70.0 Å². The molecule has 33 heavy (non-hydrogen) atoms. The molecule has 1 saturated carbocycles. The van der Waals surface area contributed by atoms with Gasteiger partial charge < -0.3 is 29.9 Å². The fourth-order valence-electron chi connectivity index (χ4n) is 3.92. The lowest BCUT2D eigenvalue weighted by molar-refractivity contribution is -0.151. The van der Waals surface area contributed by atoms with Gasteiger partial charge in [0, 0.05) is 25.7 Å². The average molecular weight is 471 g/mol. The zero-order chi connectivity index (χ0) is 24.6. The van der Waals surface area contributed by atoms with Crippen LogP contribution < -0.4 is 0 Å². The van der Waals surface area contributed by atoms with Gasteiger partial charge in [-0.2, -0.15) is 0 Å². The number of unbranched alkanes of at least 4 members (excludes halogenated alkanes) is 3. The lowest BCUT2D eigenvalue weighted by Gasteiger charge is -2.19. The summed E-state index contributed by atoms with van der Waals surface area (Å²) in [5.41, 5.74) is 0. The minimum atomic E-state index is -1.04. The van der Waals surface area contributed by atoms with E-state index in [2.05, 4.69) is 11.7 Å². The first-order valence-corrected chi connectivity index (χ1v) is 12.1. The summed E-state index contributed by atoms with van der Waals surface area (Å²) >= 11 is 0. The molecule has 0 heterocycles. The van der Waals surface area contributed by atoms with Crippen LogP contribution in [-0.2, 0) is 19.1 Å². The predicted octanol–water partition coefficient (Wildman–Crippen LogP) is 2.43. The van der Waals surface area contributed by atoms with Crippen molar-refractivity contribution in [3.8, 4) is 0 Å². The number of carbonyl (C=O) groups excluding carboxylic acids is 2. The van der Waals surface area contributed by atoms with Gasteiger partial charge in [0.1, 0.15) is 19.3 Å². The van der Waals surface area contributed by atoms with Crippen molar-refractivity contribution >= 4 is 11.9 Å². The summed E-state index contributed by atoms with van der Waals surface area (Å²) in [5.74, 6) is -1.24. The third-order valence-corrected chi connectivity index (χ3v) is 5.82. The second-order valence-electron chi connectivity index (χ2n) is 8.80. The Kier molecular flexibility index (Phi) is 14.9. The molecule has 1 aliphatic rings.